The van der Waals surface area contributed by atoms with Gasteiger partial charge in [-0.25, -0.2) is 9.78 Å². The van der Waals surface area contributed by atoms with Gasteiger partial charge < -0.3 is 10.6 Å². The fourth-order valence-electron chi connectivity index (χ4n) is 4.68. The molecule has 0 radical (unpaired) electrons. The Labute approximate surface area is 197 Å². The van der Waals surface area contributed by atoms with Crippen molar-refractivity contribution in [2.24, 2.45) is 5.73 Å². The van der Waals surface area contributed by atoms with E-state index in [9.17, 15) is 27.6 Å². The number of carbonyl (C=O) groups is 3. The van der Waals surface area contributed by atoms with Crippen LogP contribution in [0.4, 0.5) is 23.1 Å². The number of ketones is 1. The lowest BCUT2D eigenvalue weighted by atomic mass is 9.81. The normalized spacial score (nSPS) is 21.9. The first-order chi connectivity index (χ1) is 15.8. The van der Waals surface area contributed by atoms with Crippen molar-refractivity contribution in [1.82, 2.24) is 9.88 Å². The molecule has 34 heavy (non-hydrogen) atoms. The van der Waals surface area contributed by atoms with Crippen LogP contribution in [0.5, 0.6) is 0 Å². The topological polar surface area (TPSA) is 105 Å². The van der Waals surface area contributed by atoms with E-state index in [2.05, 4.69) is 10.3 Å². The maximum Gasteiger partial charge on any atom is 0.401 e. The van der Waals surface area contributed by atoms with Crippen LogP contribution in [-0.2, 0) is 10.2 Å². The SMILES string of the molecule is Cc1cccc2c1C(C)(C(F)(F)F)C=C2C(=O)c1sc(NC(=O)N2CCC[C@H]2C(N)=O)nc1C. The van der Waals surface area contributed by atoms with Crippen LogP contribution in [-0.4, -0.2) is 46.4 Å². The van der Waals surface area contributed by atoms with E-state index in [0.717, 1.165) is 24.3 Å². The summed E-state index contributed by atoms with van der Waals surface area (Å²) in [6, 6.07) is 3.44. The molecule has 2 heterocycles. The number of Topliss-reactive ketones (excluding diaryl/α,β-unsaturated/α-hetero) is 1. The molecule has 0 spiro atoms. The summed E-state index contributed by atoms with van der Waals surface area (Å²) >= 11 is 0.880. The molecule has 1 aliphatic carbocycles. The van der Waals surface area contributed by atoms with Gasteiger partial charge in [0.15, 0.2) is 5.13 Å². The highest BCUT2D eigenvalue weighted by atomic mass is 32.1. The van der Waals surface area contributed by atoms with Crippen molar-refractivity contribution in [3.8, 4) is 0 Å². The number of likely N-dealkylation sites (tertiary alicyclic amines) is 1. The molecule has 7 nitrogen and oxygen atoms in total. The number of alkyl halides is 3. The van der Waals surface area contributed by atoms with E-state index in [1.807, 2.05) is 0 Å². The van der Waals surface area contributed by atoms with Gasteiger partial charge in [-0.2, -0.15) is 13.2 Å². The number of primary amides is 1. The zero-order valence-electron chi connectivity index (χ0n) is 18.7. The van der Waals surface area contributed by atoms with Gasteiger partial charge in [0.25, 0.3) is 0 Å². The van der Waals surface area contributed by atoms with Gasteiger partial charge in [0.05, 0.1) is 10.6 Å². The Balaban J connectivity index is 1.65. The van der Waals surface area contributed by atoms with Crippen molar-refractivity contribution in [2.45, 2.75) is 51.2 Å². The number of amides is 3. The molecule has 180 valence electrons. The lowest BCUT2D eigenvalue weighted by Crippen LogP contribution is -2.45. The van der Waals surface area contributed by atoms with E-state index in [1.165, 1.54) is 11.0 Å². The highest BCUT2D eigenvalue weighted by Crippen LogP contribution is 2.52. The smallest absolute Gasteiger partial charge is 0.368 e. The highest BCUT2D eigenvalue weighted by molar-refractivity contribution is 7.18. The highest BCUT2D eigenvalue weighted by Gasteiger charge is 2.56. The predicted molar refractivity (Wildman–Crippen MR) is 122 cm³/mol. The predicted octanol–water partition coefficient (Wildman–Crippen LogP) is 4.34. The standard InChI is InChI=1S/C23H23F3N4O3S/c1-11-6-4-7-13-14(10-22(3,16(11)13)23(24,25)26)17(31)18-12(2)28-20(34-18)29-21(33)30-9-5-8-15(30)19(27)32/h4,6-7,10,15H,5,8-9H2,1-3H3,(H2,27,32)(H,28,29,33)/t15-,22?/m0/s1. The molecule has 1 aliphatic heterocycles. The van der Waals surface area contributed by atoms with Crippen molar-refractivity contribution in [3.63, 3.8) is 0 Å². The number of aryl methyl sites for hydroxylation is 2. The second-order valence-corrected chi connectivity index (χ2v) is 9.70. The number of anilines is 1. The number of rotatable bonds is 4. The van der Waals surface area contributed by atoms with Crippen LogP contribution in [0.1, 0.15) is 51.8 Å². The molecule has 2 atom stereocenters. The second-order valence-electron chi connectivity index (χ2n) is 8.70. The Hall–Kier alpha value is -3.21. The van der Waals surface area contributed by atoms with Crippen molar-refractivity contribution >= 4 is 39.8 Å². The summed E-state index contributed by atoms with van der Waals surface area (Å²) in [7, 11) is 0. The Morgan fingerprint density at radius 1 is 1.26 bits per heavy atom. The third-order valence-corrected chi connectivity index (χ3v) is 7.48. The number of carbonyl (C=O) groups excluding carboxylic acids is 3. The number of benzene rings is 1. The summed E-state index contributed by atoms with van der Waals surface area (Å²) < 4.78 is 42.2. The van der Waals surface area contributed by atoms with Gasteiger partial charge in [-0.15, -0.1) is 0 Å². The fourth-order valence-corrected chi connectivity index (χ4v) is 5.59. The van der Waals surface area contributed by atoms with Gasteiger partial charge >= 0.3 is 12.2 Å². The average Bonchev–Trinajstić information content (AvgIpc) is 3.44. The van der Waals surface area contributed by atoms with Gasteiger partial charge in [0.2, 0.25) is 11.7 Å². The first kappa shape index (κ1) is 23.9. The summed E-state index contributed by atoms with van der Waals surface area (Å²) in [5.41, 5.74) is 4.05. The zero-order valence-corrected chi connectivity index (χ0v) is 19.6. The number of hydrogen-bond donors (Lipinski definition) is 2. The minimum Gasteiger partial charge on any atom is -0.368 e. The molecular weight excluding hydrogens is 469 g/mol. The molecule has 0 bridgehead atoms. The van der Waals surface area contributed by atoms with Crippen molar-refractivity contribution in [2.75, 3.05) is 11.9 Å². The van der Waals surface area contributed by atoms with E-state index in [0.29, 0.717) is 24.9 Å². The summed E-state index contributed by atoms with van der Waals surface area (Å²) in [6.07, 6.45) is -2.52. The summed E-state index contributed by atoms with van der Waals surface area (Å²) in [6.45, 7) is 4.56. The minimum atomic E-state index is -4.59. The first-order valence-corrected chi connectivity index (χ1v) is 11.5. The summed E-state index contributed by atoms with van der Waals surface area (Å²) in [5.74, 6) is -1.19. The molecule has 0 saturated carbocycles. The summed E-state index contributed by atoms with van der Waals surface area (Å²) in [4.78, 5) is 43.3. The largest absolute Gasteiger partial charge is 0.401 e. The van der Waals surface area contributed by atoms with E-state index in [-0.39, 0.29) is 32.4 Å². The van der Waals surface area contributed by atoms with Gasteiger partial charge in [-0.1, -0.05) is 35.6 Å². The maximum atomic E-state index is 14.1. The first-order valence-electron chi connectivity index (χ1n) is 10.6. The monoisotopic (exact) mass is 492 g/mol. The van der Waals surface area contributed by atoms with Gasteiger partial charge in [-0.05, 0) is 50.3 Å². The number of nitrogens with one attached hydrogen (secondary N) is 1. The van der Waals surface area contributed by atoms with Crippen LogP contribution >= 0.6 is 11.3 Å². The summed E-state index contributed by atoms with van der Waals surface area (Å²) in [5, 5.41) is 2.69. The quantitative estimate of drug-likeness (QED) is 0.620. The van der Waals surface area contributed by atoms with Crippen LogP contribution in [0, 0.1) is 13.8 Å². The zero-order chi connectivity index (χ0) is 25.0. The van der Waals surface area contributed by atoms with E-state index >= 15 is 0 Å². The molecule has 1 fully saturated rings. The second kappa shape index (κ2) is 8.23. The minimum absolute atomic E-state index is 0.0449. The van der Waals surface area contributed by atoms with E-state index in [4.69, 9.17) is 5.73 Å². The Bertz CT molecular complexity index is 1240. The molecule has 11 heteroatoms. The van der Waals surface area contributed by atoms with Crippen LogP contribution in [0.3, 0.4) is 0 Å². The number of hydrogen-bond acceptors (Lipinski definition) is 5. The average molecular weight is 493 g/mol. The lowest BCUT2D eigenvalue weighted by Gasteiger charge is -2.28. The molecule has 1 unspecified atom stereocenters. The molecule has 1 saturated heterocycles. The molecule has 2 aliphatic rings. The van der Waals surface area contributed by atoms with Crippen LogP contribution in [0.25, 0.3) is 5.57 Å². The molecule has 1 aromatic carbocycles. The molecule has 2 aromatic rings. The number of nitrogens with zero attached hydrogens (tertiary/aromatic N) is 2. The Morgan fingerprint density at radius 3 is 2.62 bits per heavy atom. The van der Waals surface area contributed by atoms with Crippen molar-refractivity contribution in [1.29, 1.82) is 0 Å². The number of allylic oxidation sites excluding steroid dienone is 2. The van der Waals surface area contributed by atoms with Crippen LogP contribution in [0.2, 0.25) is 0 Å². The van der Waals surface area contributed by atoms with Crippen LogP contribution < -0.4 is 11.1 Å². The Kier molecular flexibility index (Phi) is 5.79. The van der Waals surface area contributed by atoms with Crippen LogP contribution in [0.15, 0.2) is 24.3 Å². The van der Waals surface area contributed by atoms with Crippen molar-refractivity contribution in [3.05, 3.63) is 51.5 Å². The molecule has 3 amide bonds. The number of fused-ring (bicyclic) bond motifs is 1. The third kappa shape index (κ3) is 3.77. The number of thiazole rings is 1. The molecule has 4 rings (SSSR count). The maximum absolute atomic E-state index is 14.1. The lowest BCUT2D eigenvalue weighted by molar-refractivity contribution is -0.170. The number of urea groups is 1. The number of aromatic nitrogens is 1. The Morgan fingerprint density at radius 2 is 1.97 bits per heavy atom. The van der Waals surface area contributed by atoms with Gasteiger partial charge in [0.1, 0.15) is 11.5 Å². The third-order valence-electron chi connectivity index (χ3n) is 6.41. The molecule has 1 aromatic heterocycles. The number of halogens is 3. The van der Waals surface area contributed by atoms with E-state index in [1.54, 1.807) is 26.0 Å². The van der Waals surface area contributed by atoms with Gasteiger partial charge in [0, 0.05) is 12.1 Å². The molecule has 3 N–H and O–H groups in total. The van der Waals surface area contributed by atoms with Gasteiger partial charge in [-0.3, -0.25) is 14.9 Å². The van der Waals surface area contributed by atoms with E-state index < -0.39 is 35.4 Å². The number of nitrogens with two attached hydrogens (primary N) is 1. The molecular formula is C23H23F3N4O3S. The van der Waals surface area contributed by atoms with Crippen molar-refractivity contribution < 1.29 is 27.6 Å². The fraction of sp³-hybridized carbons (Fsp3) is 0.391.